The largest absolute Gasteiger partial charge is 0.423 e. The Kier molecular flexibility index (Phi) is 7.70. The fraction of sp³-hybridized carbons (Fsp3) is 0.160. The first-order valence-corrected chi connectivity index (χ1v) is 12.7. The van der Waals surface area contributed by atoms with Crippen molar-refractivity contribution in [2.45, 2.75) is 17.7 Å². The third kappa shape index (κ3) is 6.23. The zero-order valence-electron chi connectivity index (χ0n) is 19.4. The predicted octanol–water partition coefficient (Wildman–Crippen LogP) is 3.36. The summed E-state index contributed by atoms with van der Waals surface area (Å²) in [6.45, 7) is 0.936. The van der Waals surface area contributed by atoms with E-state index in [1.54, 1.807) is 12.1 Å². The molecule has 1 N–H and O–H groups in total. The van der Waals surface area contributed by atoms with Crippen molar-refractivity contribution >= 4 is 33.8 Å². The number of benzene rings is 3. The van der Waals surface area contributed by atoms with Crippen molar-refractivity contribution in [3.8, 4) is 5.75 Å². The quantitative estimate of drug-likeness (QED) is 0.157. The highest BCUT2D eigenvalue weighted by Gasteiger charge is 2.27. The summed E-state index contributed by atoms with van der Waals surface area (Å²) in [6.07, 6.45) is 3.00. The van der Waals surface area contributed by atoms with Gasteiger partial charge in [-0.3, -0.25) is 14.9 Å². The van der Waals surface area contributed by atoms with Gasteiger partial charge in [0.2, 0.25) is 10.0 Å². The lowest BCUT2D eigenvalue weighted by atomic mass is 10.2. The molecule has 12 heteroatoms. The van der Waals surface area contributed by atoms with Gasteiger partial charge >= 0.3 is 5.97 Å². The van der Waals surface area contributed by atoms with Crippen LogP contribution in [0.15, 0.2) is 82.8 Å². The molecule has 1 heterocycles. The lowest BCUT2D eigenvalue weighted by Gasteiger charge is -2.15. The smallest absolute Gasteiger partial charge is 0.343 e. The lowest BCUT2D eigenvalue weighted by Crippen LogP contribution is -2.28. The van der Waals surface area contributed by atoms with Crippen LogP contribution in [0.4, 0.5) is 5.69 Å². The fourth-order valence-corrected chi connectivity index (χ4v) is 5.20. The van der Waals surface area contributed by atoms with E-state index in [4.69, 9.17) is 4.74 Å². The minimum atomic E-state index is -3.65. The van der Waals surface area contributed by atoms with E-state index in [-0.39, 0.29) is 27.5 Å². The number of nitro groups is 1. The van der Waals surface area contributed by atoms with E-state index in [2.05, 4.69) is 10.5 Å². The van der Waals surface area contributed by atoms with Gasteiger partial charge in [-0.05, 0) is 66.9 Å². The number of non-ortho nitro benzene ring substituents is 1. The second-order valence-corrected chi connectivity index (χ2v) is 10.0. The number of hydrogen-bond donors (Lipinski definition) is 1. The van der Waals surface area contributed by atoms with Gasteiger partial charge < -0.3 is 4.74 Å². The molecule has 0 aromatic heterocycles. The summed E-state index contributed by atoms with van der Waals surface area (Å²) in [6, 6.07) is 17.2. The van der Waals surface area contributed by atoms with Crippen molar-refractivity contribution < 1.29 is 27.7 Å². The second-order valence-electron chi connectivity index (χ2n) is 8.10. The van der Waals surface area contributed by atoms with Crippen molar-refractivity contribution in [2.24, 2.45) is 5.10 Å². The maximum absolute atomic E-state index is 12.7. The molecule has 0 atom stereocenters. The Morgan fingerprint density at radius 2 is 1.65 bits per heavy atom. The first-order valence-electron chi connectivity index (χ1n) is 11.2. The number of esters is 1. The maximum atomic E-state index is 12.7. The van der Waals surface area contributed by atoms with E-state index in [0.29, 0.717) is 18.7 Å². The Hall–Kier alpha value is -4.42. The summed E-state index contributed by atoms with van der Waals surface area (Å²) in [7, 11) is -3.65. The second kappa shape index (κ2) is 11.1. The van der Waals surface area contributed by atoms with Crippen molar-refractivity contribution in [3.63, 3.8) is 0 Å². The van der Waals surface area contributed by atoms with Gasteiger partial charge in [0.05, 0.1) is 21.6 Å². The Morgan fingerprint density at radius 3 is 2.35 bits per heavy atom. The number of hydrazone groups is 1. The number of amides is 1. The molecule has 4 rings (SSSR count). The topological polar surface area (TPSA) is 148 Å². The monoisotopic (exact) mass is 522 g/mol. The van der Waals surface area contributed by atoms with Crippen LogP contribution in [0.1, 0.15) is 39.1 Å². The molecule has 1 saturated heterocycles. The Balaban J connectivity index is 1.35. The lowest BCUT2D eigenvalue weighted by molar-refractivity contribution is -0.384. The van der Waals surface area contributed by atoms with Crippen LogP contribution in [0.2, 0.25) is 0 Å². The molecule has 3 aromatic carbocycles. The van der Waals surface area contributed by atoms with Gasteiger partial charge in [-0.15, -0.1) is 0 Å². The standard InChI is InChI=1S/C25H22N4O7S/c30-24(19-5-4-8-23(16-19)37(34,35)28-13-1-2-14-28)27-26-17-18-9-11-22(12-10-18)36-25(31)20-6-3-7-21(15-20)29(32)33/h3-12,15-17H,1-2,13-14H2,(H,27,30)/b26-17+. The van der Waals surface area contributed by atoms with Crippen LogP contribution in [0.3, 0.4) is 0 Å². The number of carbonyl (C=O) groups is 2. The first kappa shape index (κ1) is 25.7. The van der Waals surface area contributed by atoms with Crippen LogP contribution in [-0.2, 0) is 10.0 Å². The zero-order valence-corrected chi connectivity index (χ0v) is 20.3. The number of ether oxygens (including phenoxy) is 1. The molecule has 0 saturated carbocycles. The van der Waals surface area contributed by atoms with Crippen molar-refractivity contribution in [1.82, 2.24) is 9.73 Å². The van der Waals surface area contributed by atoms with Gasteiger partial charge in [-0.2, -0.15) is 9.41 Å². The molecular formula is C25H22N4O7S. The molecular weight excluding hydrogens is 500 g/mol. The molecule has 1 aliphatic heterocycles. The highest BCUT2D eigenvalue weighted by Crippen LogP contribution is 2.22. The first-order chi connectivity index (χ1) is 17.7. The number of nitro benzene ring substituents is 1. The van der Waals surface area contributed by atoms with Crippen LogP contribution in [0.5, 0.6) is 5.75 Å². The summed E-state index contributed by atoms with van der Waals surface area (Å²) in [5, 5.41) is 14.8. The molecule has 0 bridgehead atoms. The summed E-state index contributed by atoms with van der Waals surface area (Å²) in [5.74, 6) is -1.10. The Bertz CT molecular complexity index is 1460. The van der Waals surface area contributed by atoms with Gasteiger partial charge in [0.15, 0.2) is 0 Å². The van der Waals surface area contributed by atoms with Gasteiger partial charge in [0.25, 0.3) is 11.6 Å². The molecule has 0 unspecified atom stereocenters. The number of rotatable bonds is 8. The molecule has 3 aromatic rings. The van der Waals surface area contributed by atoms with Gasteiger partial charge in [-0.25, -0.2) is 18.6 Å². The van der Waals surface area contributed by atoms with Gasteiger partial charge in [0, 0.05) is 30.8 Å². The highest BCUT2D eigenvalue weighted by atomic mass is 32.2. The number of nitrogens with one attached hydrogen (secondary N) is 1. The van der Waals surface area contributed by atoms with Crippen molar-refractivity contribution in [1.29, 1.82) is 0 Å². The summed E-state index contributed by atoms with van der Waals surface area (Å²) in [5.41, 5.74) is 2.92. The molecule has 0 spiro atoms. The molecule has 0 radical (unpaired) electrons. The summed E-state index contributed by atoms with van der Waals surface area (Å²) >= 11 is 0. The number of hydrogen-bond acceptors (Lipinski definition) is 8. The maximum Gasteiger partial charge on any atom is 0.343 e. The predicted molar refractivity (Wildman–Crippen MR) is 134 cm³/mol. The van der Waals surface area contributed by atoms with Crippen LogP contribution in [-0.4, -0.2) is 48.8 Å². The number of sulfonamides is 1. The summed E-state index contributed by atoms with van der Waals surface area (Å²) in [4.78, 5) is 35.1. The van der Waals surface area contributed by atoms with E-state index >= 15 is 0 Å². The minimum Gasteiger partial charge on any atom is -0.423 e. The molecule has 1 fully saturated rings. The summed E-state index contributed by atoms with van der Waals surface area (Å²) < 4.78 is 32.1. The van der Waals surface area contributed by atoms with E-state index in [9.17, 15) is 28.1 Å². The average molecular weight is 523 g/mol. The molecule has 1 amide bonds. The molecule has 37 heavy (non-hydrogen) atoms. The molecule has 190 valence electrons. The third-order valence-corrected chi connectivity index (χ3v) is 7.46. The highest BCUT2D eigenvalue weighted by molar-refractivity contribution is 7.89. The van der Waals surface area contributed by atoms with Crippen LogP contribution in [0, 0.1) is 10.1 Å². The molecule has 0 aliphatic carbocycles. The Labute approximate surface area is 212 Å². The van der Waals surface area contributed by atoms with Crippen molar-refractivity contribution in [3.05, 3.63) is 99.6 Å². The van der Waals surface area contributed by atoms with E-state index in [0.717, 1.165) is 18.9 Å². The van der Waals surface area contributed by atoms with Crippen LogP contribution < -0.4 is 10.2 Å². The minimum absolute atomic E-state index is 0.0415. The van der Waals surface area contributed by atoms with Gasteiger partial charge in [-0.1, -0.05) is 12.1 Å². The Morgan fingerprint density at radius 1 is 0.973 bits per heavy atom. The van der Waals surface area contributed by atoms with Crippen molar-refractivity contribution in [2.75, 3.05) is 13.1 Å². The fourth-order valence-electron chi connectivity index (χ4n) is 3.64. The van der Waals surface area contributed by atoms with E-state index in [1.165, 1.54) is 65.1 Å². The van der Waals surface area contributed by atoms with Crippen LogP contribution in [0.25, 0.3) is 0 Å². The average Bonchev–Trinajstić information content (AvgIpc) is 3.46. The number of nitrogens with zero attached hydrogens (tertiary/aromatic N) is 3. The number of carbonyl (C=O) groups excluding carboxylic acids is 2. The normalized spacial score (nSPS) is 13.9. The van der Waals surface area contributed by atoms with E-state index < -0.39 is 26.8 Å². The molecule has 1 aliphatic rings. The van der Waals surface area contributed by atoms with E-state index in [1.807, 2.05) is 0 Å². The zero-order chi connectivity index (χ0) is 26.4. The van der Waals surface area contributed by atoms with Crippen LogP contribution >= 0.6 is 0 Å². The molecule has 11 nitrogen and oxygen atoms in total. The SMILES string of the molecule is O=C(N/N=C/c1ccc(OC(=O)c2cccc([N+](=O)[O-])c2)cc1)c1cccc(S(=O)(=O)N2CCCC2)c1. The third-order valence-electron chi connectivity index (χ3n) is 5.56. The van der Waals surface area contributed by atoms with Gasteiger partial charge in [0.1, 0.15) is 5.75 Å².